The predicted octanol–water partition coefficient (Wildman–Crippen LogP) is 1.25. The van der Waals surface area contributed by atoms with Gasteiger partial charge in [-0.25, -0.2) is 9.97 Å². The zero-order chi connectivity index (χ0) is 11.8. The van der Waals surface area contributed by atoms with E-state index in [0.717, 1.165) is 29.7 Å². The van der Waals surface area contributed by atoms with Gasteiger partial charge in [-0.2, -0.15) is 5.10 Å². The van der Waals surface area contributed by atoms with E-state index in [-0.39, 0.29) is 6.61 Å². The van der Waals surface area contributed by atoms with E-state index in [4.69, 9.17) is 0 Å². The fourth-order valence-corrected chi connectivity index (χ4v) is 1.93. The normalized spacial score (nSPS) is 15.2. The molecule has 1 N–H and O–H groups in total. The zero-order valence-electron chi connectivity index (χ0n) is 9.67. The van der Waals surface area contributed by atoms with Crippen molar-refractivity contribution in [3.05, 3.63) is 29.8 Å². The Balaban J connectivity index is 2.03. The second-order valence-electron chi connectivity index (χ2n) is 4.44. The molecule has 2 aromatic heterocycles. The fraction of sp³-hybridized carbons (Fsp3) is 0.417. The Hall–Kier alpha value is -1.75. The molecule has 2 heterocycles. The Kier molecular flexibility index (Phi) is 2.40. The summed E-state index contributed by atoms with van der Waals surface area (Å²) in [6.45, 7) is 0.0130. The van der Waals surface area contributed by atoms with Crippen molar-refractivity contribution in [2.24, 2.45) is 7.05 Å². The molecule has 1 saturated carbocycles. The number of aromatic nitrogens is 4. The second-order valence-corrected chi connectivity index (χ2v) is 4.44. The molecule has 1 fully saturated rings. The van der Waals surface area contributed by atoms with Gasteiger partial charge in [-0.05, 0) is 12.8 Å². The topological polar surface area (TPSA) is 63.8 Å². The van der Waals surface area contributed by atoms with E-state index < -0.39 is 0 Å². The Morgan fingerprint density at radius 2 is 2.24 bits per heavy atom. The van der Waals surface area contributed by atoms with Crippen molar-refractivity contribution in [2.75, 3.05) is 0 Å². The molecule has 0 aromatic carbocycles. The summed E-state index contributed by atoms with van der Waals surface area (Å²) in [5.74, 6) is 1.20. The van der Waals surface area contributed by atoms with Crippen LogP contribution in [0, 0.1) is 0 Å². The minimum Gasteiger partial charge on any atom is -0.392 e. The van der Waals surface area contributed by atoms with Crippen molar-refractivity contribution < 1.29 is 5.11 Å². The number of hydrogen-bond acceptors (Lipinski definition) is 4. The highest BCUT2D eigenvalue weighted by Gasteiger charge is 2.28. The molecule has 0 bridgehead atoms. The Morgan fingerprint density at radius 1 is 1.41 bits per heavy atom. The van der Waals surface area contributed by atoms with E-state index in [1.165, 1.54) is 0 Å². The minimum atomic E-state index is 0.0130. The Bertz CT molecular complexity index is 545. The van der Waals surface area contributed by atoms with Gasteiger partial charge in [0.25, 0.3) is 0 Å². The van der Waals surface area contributed by atoms with E-state index in [2.05, 4.69) is 15.1 Å². The van der Waals surface area contributed by atoms with Gasteiger partial charge in [-0.3, -0.25) is 4.68 Å². The van der Waals surface area contributed by atoms with Crippen LogP contribution in [0.25, 0.3) is 11.4 Å². The first-order valence-corrected chi connectivity index (χ1v) is 5.73. The fourth-order valence-electron chi connectivity index (χ4n) is 1.93. The van der Waals surface area contributed by atoms with Gasteiger partial charge in [0.05, 0.1) is 24.1 Å². The lowest BCUT2D eigenvalue weighted by atomic mass is 10.1. The maximum Gasteiger partial charge on any atom is 0.162 e. The predicted molar refractivity (Wildman–Crippen MR) is 62.1 cm³/mol. The van der Waals surface area contributed by atoms with Crippen molar-refractivity contribution >= 4 is 0 Å². The van der Waals surface area contributed by atoms with Gasteiger partial charge in [-0.15, -0.1) is 0 Å². The maximum atomic E-state index is 9.26. The number of rotatable bonds is 3. The summed E-state index contributed by atoms with van der Waals surface area (Å²) in [6, 6.07) is 0. The van der Waals surface area contributed by atoms with Crippen LogP contribution in [0.4, 0.5) is 0 Å². The van der Waals surface area contributed by atoms with Crippen molar-refractivity contribution in [3.8, 4) is 11.4 Å². The van der Waals surface area contributed by atoms with Crippen LogP contribution in [-0.2, 0) is 13.7 Å². The van der Waals surface area contributed by atoms with Crippen molar-refractivity contribution in [3.63, 3.8) is 0 Å². The van der Waals surface area contributed by atoms with Crippen LogP contribution in [0.5, 0.6) is 0 Å². The van der Waals surface area contributed by atoms with Crippen LogP contribution in [0.1, 0.15) is 30.0 Å². The summed E-state index contributed by atoms with van der Waals surface area (Å²) in [6.07, 6.45) is 7.70. The second kappa shape index (κ2) is 3.92. The molecule has 3 rings (SSSR count). The number of aliphatic hydroxyl groups is 1. The molecule has 1 aliphatic carbocycles. The monoisotopic (exact) mass is 230 g/mol. The van der Waals surface area contributed by atoms with Crippen LogP contribution in [0.15, 0.2) is 18.6 Å². The summed E-state index contributed by atoms with van der Waals surface area (Å²) in [7, 11) is 1.87. The average Bonchev–Trinajstić information content (AvgIpc) is 3.11. The van der Waals surface area contributed by atoms with Gasteiger partial charge in [0, 0.05) is 30.9 Å². The summed E-state index contributed by atoms with van der Waals surface area (Å²) >= 11 is 0. The van der Waals surface area contributed by atoms with Gasteiger partial charge in [0.2, 0.25) is 0 Å². The van der Waals surface area contributed by atoms with E-state index >= 15 is 0 Å². The third-order valence-corrected chi connectivity index (χ3v) is 3.00. The highest BCUT2D eigenvalue weighted by Crippen LogP contribution is 2.40. The van der Waals surface area contributed by atoms with Crippen LogP contribution < -0.4 is 0 Å². The Morgan fingerprint density at radius 3 is 2.82 bits per heavy atom. The number of hydrogen-bond donors (Lipinski definition) is 1. The summed E-state index contributed by atoms with van der Waals surface area (Å²) in [5.41, 5.74) is 2.76. The van der Waals surface area contributed by atoms with E-state index in [1.807, 2.05) is 13.2 Å². The van der Waals surface area contributed by atoms with E-state index in [0.29, 0.717) is 11.7 Å². The quantitative estimate of drug-likeness (QED) is 0.861. The number of aliphatic hydroxyl groups excluding tert-OH is 1. The van der Waals surface area contributed by atoms with Crippen molar-refractivity contribution in [1.82, 2.24) is 19.7 Å². The lowest BCUT2D eigenvalue weighted by molar-refractivity contribution is 0.279. The molecule has 88 valence electrons. The Labute approximate surface area is 99.1 Å². The first-order valence-electron chi connectivity index (χ1n) is 5.73. The van der Waals surface area contributed by atoms with Gasteiger partial charge in [-0.1, -0.05) is 0 Å². The molecule has 1 aliphatic rings. The lowest BCUT2D eigenvalue weighted by Crippen LogP contribution is -2.00. The summed E-state index contributed by atoms with van der Waals surface area (Å²) in [5, 5.41) is 13.4. The SMILES string of the molecule is Cn1cc(-c2ncc(CO)c(C3CC3)n2)cn1. The van der Waals surface area contributed by atoms with Crippen LogP contribution in [0.2, 0.25) is 0 Å². The largest absolute Gasteiger partial charge is 0.392 e. The molecule has 0 saturated heterocycles. The lowest BCUT2D eigenvalue weighted by Gasteiger charge is -2.06. The molecule has 0 spiro atoms. The van der Waals surface area contributed by atoms with Crippen LogP contribution >= 0.6 is 0 Å². The van der Waals surface area contributed by atoms with Gasteiger partial charge in [0.15, 0.2) is 5.82 Å². The first kappa shape index (κ1) is 10.4. The molecule has 0 radical (unpaired) electrons. The van der Waals surface area contributed by atoms with E-state index in [1.54, 1.807) is 17.1 Å². The standard InChI is InChI=1S/C12H14N4O/c1-16-6-9(5-14-16)12-13-4-10(7-17)11(15-12)8-2-3-8/h4-6,8,17H,2-3,7H2,1H3. The molecule has 0 amide bonds. The third kappa shape index (κ3) is 1.93. The molecule has 17 heavy (non-hydrogen) atoms. The summed E-state index contributed by atoms with van der Waals surface area (Å²) in [4.78, 5) is 8.84. The van der Waals surface area contributed by atoms with Gasteiger partial charge < -0.3 is 5.11 Å². The molecule has 0 atom stereocenters. The number of nitrogens with zero attached hydrogens (tertiary/aromatic N) is 4. The van der Waals surface area contributed by atoms with Crippen LogP contribution in [0.3, 0.4) is 0 Å². The average molecular weight is 230 g/mol. The first-order chi connectivity index (χ1) is 8.28. The smallest absolute Gasteiger partial charge is 0.162 e. The molecule has 0 unspecified atom stereocenters. The van der Waals surface area contributed by atoms with Crippen molar-refractivity contribution in [2.45, 2.75) is 25.4 Å². The minimum absolute atomic E-state index is 0.0130. The highest BCUT2D eigenvalue weighted by atomic mass is 16.3. The summed E-state index contributed by atoms with van der Waals surface area (Å²) < 4.78 is 1.73. The number of aryl methyl sites for hydroxylation is 1. The molecule has 2 aromatic rings. The molecule has 5 nitrogen and oxygen atoms in total. The van der Waals surface area contributed by atoms with Gasteiger partial charge in [0.1, 0.15) is 0 Å². The van der Waals surface area contributed by atoms with E-state index in [9.17, 15) is 5.11 Å². The van der Waals surface area contributed by atoms with Crippen LogP contribution in [-0.4, -0.2) is 24.9 Å². The molecular weight excluding hydrogens is 216 g/mol. The molecule has 0 aliphatic heterocycles. The zero-order valence-corrected chi connectivity index (χ0v) is 9.67. The highest BCUT2D eigenvalue weighted by molar-refractivity contribution is 5.52. The molecular formula is C12H14N4O. The maximum absolute atomic E-state index is 9.26. The third-order valence-electron chi connectivity index (χ3n) is 3.00. The van der Waals surface area contributed by atoms with Gasteiger partial charge >= 0.3 is 0 Å². The molecule has 5 heteroatoms. The van der Waals surface area contributed by atoms with Crippen molar-refractivity contribution in [1.29, 1.82) is 0 Å².